The zero-order chi connectivity index (χ0) is 14.8. The summed E-state index contributed by atoms with van der Waals surface area (Å²) in [6.45, 7) is 1.62. The second-order valence-electron chi connectivity index (χ2n) is 4.78. The zero-order valence-corrected chi connectivity index (χ0v) is 12.0. The molecule has 2 aliphatic heterocycles. The van der Waals surface area contributed by atoms with E-state index in [1.165, 1.54) is 12.1 Å². The van der Waals surface area contributed by atoms with Crippen LogP contribution in [0.5, 0.6) is 5.75 Å². The lowest BCUT2D eigenvalue weighted by molar-refractivity contribution is 0.255. The molecule has 0 radical (unpaired) electrons. The van der Waals surface area contributed by atoms with Gasteiger partial charge in [-0.2, -0.15) is 4.99 Å². The summed E-state index contributed by atoms with van der Waals surface area (Å²) in [7, 11) is 0. The van der Waals surface area contributed by atoms with E-state index >= 15 is 0 Å². The number of hydrogen-bond acceptors (Lipinski definition) is 5. The Kier molecular flexibility index (Phi) is 3.94. The summed E-state index contributed by atoms with van der Waals surface area (Å²) in [6.07, 6.45) is 3.77. The highest BCUT2D eigenvalue weighted by molar-refractivity contribution is 8.18. The molecule has 0 atom stereocenters. The Balaban J connectivity index is 1.90. The highest BCUT2D eigenvalue weighted by Crippen LogP contribution is 2.32. The molecule has 1 fully saturated rings. The van der Waals surface area contributed by atoms with Crippen molar-refractivity contribution in [2.45, 2.75) is 12.8 Å². The van der Waals surface area contributed by atoms with Crippen LogP contribution < -0.4 is 5.43 Å². The van der Waals surface area contributed by atoms with Gasteiger partial charge < -0.3 is 5.11 Å². The first-order valence-electron chi connectivity index (χ1n) is 6.65. The summed E-state index contributed by atoms with van der Waals surface area (Å²) >= 11 is 1.01. The van der Waals surface area contributed by atoms with Crippen molar-refractivity contribution in [3.63, 3.8) is 0 Å². The van der Waals surface area contributed by atoms with Crippen molar-refractivity contribution in [1.29, 1.82) is 0 Å². The standard InChI is InChI=1S/C14H14FN3O2S/c15-10-4-3-9(11(19)8-10)7-12-13(17-14(20)21-12)18-6-2-1-5-16-18/h3-4,7-8,16,19H,1-2,5-6H2/b12-7-. The summed E-state index contributed by atoms with van der Waals surface area (Å²) in [6, 6.07) is 3.79. The van der Waals surface area contributed by atoms with Crippen molar-refractivity contribution in [3.8, 4) is 5.75 Å². The Hall–Kier alpha value is -1.86. The molecular weight excluding hydrogens is 293 g/mol. The van der Waals surface area contributed by atoms with E-state index in [-0.39, 0.29) is 11.0 Å². The third-order valence-corrected chi connectivity index (χ3v) is 4.05. The van der Waals surface area contributed by atoms with Gasteiger partial charge in [-0.05, 0) is 42.8 Å². The number of phenolic OH excluding ortho intramolecular Hbond substituents is 1. The number of amides is 1. The fourth-order valence-electron chi connectivity index (χ4n) is 2.24. The van der Waals surface area contributed by atoms with Crippen molar-refractivity contribution in [2.75, 3.05) is 13.1 Å². The van der Waals surface area contributed by atoms with Crippen LogP contribution in [0.4, 0.5) is 9.18 Å². The van der Waals surface area contributed by atoms with Crippen molar-refractivity contribution in [2.24, 2.45) is 4.99 Å². The van der Waals surface area contributed by atoms with Crippen LogP contribution in [0.1, 0.15) is 18.4 Å². The summed E-state index contributed by atoms with van der Waals surface area (Å²) in [5, 5.41) is 11.3. The lowest BCUT2D eigenvalue weighted by atomic mass is 10.1. The van der Waals surface area contributed by atoms with E-state index in [0.29, 0.717) is 16.3 Å². The number of hydrogen-bond donors (Lipinski definition) is 2. The fourth-order valence-corrected chi connectivity index (χ4v) is 2.99. The van der Waals surface area contributed by atoms with Gasteiger partial charge in [-0.3, -0.25) is 9.80 Å². The predicted molar refractivity (Wildman–Crippen MR) is 80.4 cm³/mol. The number of aromatic hydroxyl groups is 1. The van der Waals surface area contributed by atoms with Crippen molar-refractivity contribution in [3.05, 3.63) is 34.5 Å². The summed E-state index contributed by atoms with van der Waals surface area (Å²) in [4.78, 5) is 16.3. The van der Waals surface area contributed by atoms with Gasteiger partial charge >= 0.3 is 5.24 Å². The minimum atomic E-state index is -0.503. The molecule has 2 aliphatic rings. The maximum absolute atomic E-state index is 13.0. The number of benzene rings is 1. The van der Waals surface area contributed by atoms with Gasteiger partial charge in [-0.15, -0.1) is 0 Å². The molecular formula is C14H14FN3O2S. The van der Waals surface area contributed by atoms with E-state index in [9.17, 15) is 14.3 Å². The topological polar surface area (TPSA) is 64.9 Å². The molecule has 0 unspecified atom stereocenters. The quantitative estimate of drug-likeness (QED) is 0.835. The molecule has 0 aromatic heterocycles. The third kappa shape index (κ3) is 3.08. The number of carbonyl (C=O) groups is 1. The van der Waals surface area contributed by atoms with Crippen LogP contribution in [-0.4, -0.2) is 34.3 Å². The monoisotopic (exact) mass is 307 g/mol. The molecule has 1 aromatic rings. The van der Waals surface area contributed by atoms with Crippen molar-refractivity contribution >= 4 is 28.9 Å². The first-order valence-corrected chi connectivity index (χ1v) is 7.47. The van der Waals surface area contributed by atoms with Crippen LogP contribution >= 0.6 is 11.8 Å². The smallest absolute Gasteiger partial charge is 0.311 e. The molecule has 2 N–H and O–H groups in total. The van der Waals surface area contributed by atoms with Gasteiger partial charge in [0.15, 0.2) is 5.84 Å². The average molecular weight is 307 g/mol. The number of halogens is 1. The first-order chi connectivity index (χ1) is 10.1. The van der Waals surface area contributed by atoms with Crippen LogP contribution in [0.2, 0.25) is 0 Å². The molecule has 0 aliphatic carbocycles. The zero-order valence-electron chi connectivity index (χ0n) is 11.2. The molecule has 3 rings (SSSR count). The van der Waals surface area contributed by atoms with Gasteiger partial charge in [-0.1, -0.05) is 0 Å². The highest BCUT2D eigenvalue weighted by atomic mass is 32.2. The first kappa shape index (κ1) is 14.1. The van der Waals surface area contributed by atoms with Gasteiger partial charge in [-0.25, -0.2) is 9.82 Å². The Labute approximate surface area is 125 Å². The lowest BCUT2D eigenvalue weighted by Gasteiger charge is -2.29. The van der Waals surface area contributed by atoms with Crippen LogP contribution in [0.25, 0.3) is 6.08 Å². The van der Waals surface area contributed by atoms with Crippen LogP contribution in [0, 0.1) is 5.82 Å². The van der Waals surface area contributed by atoms with E-state index in [0.717, 1.165) is 43.8 Å². The van der Waals surface area contributed by atoms with Crippen molar-refractivity contribution in [1.82, 2.24) is 10.4 Å². The molecule has 0 saturated carbocycles. The number of thioether (sulfide) groups is 1. The molecule has 0 spiro atoms. The van der Waals surface area contributed by atoms with E-state index in [1.54, 1.807) is 6.08 Å². The third-order valence-electron chi connectivity index (χ3n) is 3.26. The van der Waals surface area contributed by atoms with Gasteiger partial charge in [0.2, 0.25) is 0 Å². The largest absolute Gasteiger partial charge is 0.507 e. The summed E-state index contributed by atoms with van der Waals surface area (Å²) in [5.41, 5.74) is 3.65. The number of carbonyl (C=O) groups excluding carboxylic acids is 1. The number of phenols is 1. The molecule has 5 nitrogen and oxygen atoms in total. The maximum Gasteiger partial charge on any atom is 0.311 e. The molecule has 2 heterocycles. The normalized spacial score (nSPS) is 21.0. The highest BCUT2D eigenvalue weighted by Gasteiger charge is 2.27. The minimum Gasteiger partial charge on any atom is -0.507 e. The summed E-state index contributed by atoms with van der Waals surface area (Å²) < 4.78 is 13.0. The molecule has 0 bridgehead atoms. The number of nitrogens with one attached hydrogen (secondary N) is 1. The Bertz CT molecular complexity index is 639. The number of amidine groups is 1. The van der Waals surface area contributed by atoms with Crippen LogP contribution in [-0.2, 0) is 0 Å². The Morgan fingerprint density at radius 2 is 2.29 bits per heavy atom. The molecule has 110 valence electrons. The molecule has 1 aromatic carbocycles. The second-order valence-corrected chi connectivity index (χ2v) is 5.78. The predicted octanol–water partition coefficient (Wildman–Crippen LogP) is 2.74. The SMILES string of the molecule is O=C1N=C(N2CCCCN2)/C(=C/c2ccc(F)cc2O)S1. The van der Waals surface area contributed by atoms with Crippen molar-refractivity contribution < 1.29 is 14.3 Å². The molecule has 1 amide bonds. The molecule has 21 heavy (non-hydrogen) atoms. The van der Waals surface area contributed by atoms with Gasteiger partial charge in [0, 0.05) is 24.7 Å². The second kappa shape index (κ2) is 5.87. The Morgan fingerprint density at radius 3 is 3.00 bits per heavy atom. The Morgan fingerprint density at radius 1 is 1.43 bits per heavy atom. The van der Waals surface area contributed by atoms with E-state index in [1.807, 2.05) is 5.01 Å². The van der Waals surface area contributed by atoms with E-state index in [2.05, 4.69) is 10.4 Å². The number of nitrogens with zero attached hydrogens (tertiary/aromatic N) is 2. The minimum absolute atomic E-state index is 0.159. The van der Waals surface area contributed by atoms with Gasteiger partial charge in [0.05, 0.1) is 4.91 Å². The number of aliphatic imine (C=N–C) groups is 1. The maximum atomic E-state index is 13.0. The van der Waals surface area contributed by atoms with Gasteiger partial charge in [0.25, 0.3) is 0 Å². The average Bonchev–Trinajstić information content (AvgIpc) is 2.84. The number of rotatable bonds is 1. The summed E-state index contributed by atoms with van der Waals surface area (Å²) in [5.74, 6) is -0.0989. The van der Waals surface area contributed by atoms with E-state index < -0.39 is 5.82 Å². The van der Waals surface area contributed by atoms with Crippen LogP contribution in [0.3, 0.4) is 0 Å². The number of hydrazine groups is 1. The molecule has 7 heteroatoms. The fraction of sp³-hybridized carbons (Fsp3) is 0.286. The van der Waals surface area contributed by atoms with Gasteiger partial charge in [0.1, 0.15) is 11.6 Å². The lowest BCUT2D eigenvalue weighted by Crippen LogP contribution is -2.46. The van der Waals surface area contributed by atoms with E-state index in [4.69, 9.17) is 0 Å². The van der Waals surface area contributed by atoms with Crippen LogP contribution in [0.15, 0.2) is 28.1 Å². The molecule has 1 saturated heterocycles.